The van der Waals surface area contributed by atoms with E-state index in [2.05, 4.69) is 30.0 Å². The molecular formula is C23H28O3. The number of aryl methyl sites for hydroxylation is 2. The second kappa shape index (κ2) is 12.7. The first kappa shape index (κ1) is 21.4. The van der Waals surface area contributed by atoms with Crippen molar-refractivity contribution in [2.24, 2.45) is 0 Å². The quantitative estimate of drug-likeness (QED) is 0.432. The lowest BCUT2D eigenvalue weighted by molar-refractivity contribution is -0.136. The van der Waals surface area contributed by atoms with E-state index >= 15 is 0 Å². The number of hydrogen-bond donors (Lipinski definition) is 1. The van der Waals surface area contributed by atoms with Gasteiger partial charge in [-0.15, -0.1) is 0 Å². The molecule has 0 spiro atoms. The zero-order valence-corrected chi connectivity index (χ0v) is 15.5. The molecule has 0 fully saturated rings. The Balaban J connectivity index is 0.000000263. The summed E-state index contributed by atoms with van der Waals surface area (Å²) in [5, 5.41) is 8.71. The third-order valence-corrected chi connectivity index (χ3v) is 3.87. The predicted molar refractivity (Wildman–Crippen MR) is 107 cm³/mol. The van der Waals surface area contributed by atoms with Gasteiger partial charge in [0.25, 0.3) is 0 Å². The zero-order chi connectivity index (χ0) is 19.2. The van der Waals surface area contributed by atoms with Gasteiger partial charge in [0.1, 0.15) is 0 Å². The topological polar surface area (TPSA) is 46.5 Å². The summed E-state index contributed by atoms with van der Waals surface area (Å²) in [7, 11) is 1.37. The standard InChI is InChI=1S/C12H14O2.C11H14O/c1-10(12(13)14-2)8-9-11-6-4-3-5-7-11;1-10(9-12)7-8-11-5-3-2-4-6-11/h3-7H,1,8-9H2,2H3;2-6,12H,1,7-9H2. The lowest BCUT2D eigenvalue weighted by atomic mass is 10.1. The summed E-state index contributed by atoms with van der Waals surface area (Å²) in [6.07, 6.45) is 3.33. The minimum atomic E-state index is -0.319. The molecule has 26 heavy (non-hydrogen) atoms. The molecule has 0 aliphatic rings. The smallest absolute Gasteiger partial charge is 0.333 e. The van der Waals surface area contributed by atoms with E-state index in [-0.39, 0.29) is 12.6 Å². The molecule has 0 amide bonds. The first-order valence-corrected chi connectivity index (χ1v) is 8.68. The number of aliphatic hydroxyl groups excluding tert-OH is 1. The van der Waals surface area contributed by atoms with Crippen LogP contribution in [-0.4, -0.2) is 24.8 Å². The summed E-state index contributed by atoms with van der Waals surface area (Å²) >= 11 is 0. The Kier molecular flexibility index (Phi) is 10.4. The van der Waals surface area contributed by atoms with Crippen LogP contribution in [-0.2, 0) is 22.4 Å². The van der Waals surface area contributed by atoms with E-state index in [1.54, 1.807) is 0 Å². The Bertz CT molecular complexity index is 675. The van der Waals surface area contributed by atoms with Crippen molar-refractivity contribution in [1.82, 2.24) is 0 Å². The molecule has 3 heteroatoms. The lowest BCUT2D eigenvalue weighted by Gasteiger charge is -2.03. The number of carbonyl (C=O) groups excluding carboxylic acids is 1. The molecule has 138 valence electrons. The van der Waals surface area contributed by atoms with E-state index < -0.39 is 0 Å². The van der Waals surface area contributed by atoms with Crippen LogP contribution >= 0.6 is 0 Å². The summed E-state index contributed by atoms with van der Waals surface area (Å²) < 4.78 is 4.56. The third kappa shape index (κ3) is 9.00. The number of methoxy groups -OCH3 is 1. The fourth-order valence-electron chi connectivity index (χ4n) is 2.23. The maximum atomic E-state index is 11.0. The van der Waals surface area contributed by atoms with Gasteiger partial charge in [0.2, 0.25) is 0 Å². The summed E-state index contributed by atoms with van der Waals surface area (Å²) in [4.78, 5) is 11.0. The predicted octanol–water partition coefficient (Wildman–Crippen LogP) is 4.52. The number of ether oxygens (including phenoxy) is 1. The second-order valence-corrected chi connectivity index (χ2v) is 5.97. The highest BCUT2D eigenvalue weighted by atomic mass is 16.5. The highest BCUT2D eigenvalue weighted by Gasteiger charge is 2.05. The third-order valence-electron chi connectivity index (χ3n) is 3.87. The van der Waals surface area contributed by atoms with Gasteiger partial charge in [-0.3, -0.25) is 0 Å². The van der Waals surface area contributed by atoms with Crippen LogP contribution in [0.2, 0.25) is 0 Å². The minimum Gasteiger partial charge on any atom is -0.466 e. The van der Waals surface area contributed by atoms with E-state index in [0.29, 0.717) is 12.0 Å². The Morgan fingerprint density at radius 2 is 1.35 bits per heavy atom. The van der Waals surface area contributed by atoms with Crippen LogP contribution in [0.15, 0.2) is 85.0 Å². The Hall–Kier alpha value is -2.65. The van der Waals surface area contributed by atoms with Crippen LogP contribution in [0, 0.1) is 0 Å². The van der Waals surface area contributed by atoms with Crippen molar-refractivity contribution in [3.63, 3.8) is 0 Å². The van der Waals surface area contributed by atoms with Gasteiger partial charge >= 0.3 is 5.97 Å². The molecule has 0 aliphatic heterocycles. The fourth-order valence-corrected chi connectivity index (χ4v) is 2.23. The van der Waals surface area contributed by atoms with E-state index in [1.807, 2.05) is 48.5 Å². The largest absolute Gasteiger partial charge is 0.466 e. The van der Waals surface area contributed by atoms with Crippen LogP contribution in [0.25, 0.3) is 0 Å². The number of rotatable bonds is 8. The molecule has 3 nitrogen and oxygen atoms in total. The highest BCUT2D eigenvalue weighted by Crippen LogP contribution is 2.08. The zero-order valence-electron chi connectivity index (χ0n) is 15.5. The van der Waals surface area contributed by atoms with Crippen LogP contribution in [0.4, 0.5) is 0 Å². The van der Waals surface area contributed by atoms with Crippen molar-refractivity contribution in [2.45, 2.75) is 25.7 Å². The molecule has 0 aliphatic carbocycles. The van der Waals surface area contributed by atoms with Gasteiger partial charge in [0, 0.05) is 5.57 Å². The van der Waals surface area contributed by atoms with Crippen molar-refractivity contribution < 1.29 is 14.6 Å². The molecule has 0 radical (unpaired) electrons. The lowest BCUT2D eigenvalue weighted by Crippen LogP contribution is -2.04. The fraction of sp³-hybridized carbons (Fsp3) is 0.261. The van der Waals surface area contributed by atoms with Gasteiger partial charge in [0.05, 0.1) is 13.7 Å². The Labute approximate surface area is 156 Å². The SMILES string of the molecule is C=C(CCc1ccccc1)C(=O)OC.C=C(CO)CCc1ccccc1. The average molecular weight is 352 g/mol. The Morgan fingerprint density at radius 1 is 0.885 bits per heavy atom. The number of carbonyl (C=O) groups is 1. The molecule has 0 bridgehead atoms. The minimum absolute atomic E-state index is 0.104. The maximum absolute atomic E-state index is 11.0. The number of aliphatic hydroxyl groups is 1. The van der Waals surface area contributed by atoms with E-state index in [4.69, 9.17) is 5.11 Å². The molecule has 0 saturated heterocycles. The number of esters is 1. The van der Waals surface area contributed by atoms with Crippen LogP contribution in [0.5, 0.6) is 0 Å². The summed E-state index contributed by atoms with van der Waals surface area (Å²) in [5.74, 6) is -0.319. The van der Waals surface area contributed by atoms with Crippen molar-refractivity contribution in [1.29, 1.82) is 0 Å². The molecule has 2 rings (SSSR count). The van der Waals surface area contributed by atoms with Gasteiger partial charge in [0.15, 0.2) is 0 Å². The van der Waals surface area contributed by atoms with Crippen molar-refractivity contribution >= 4 is 5.97 Å². The van der Waals surface area contributed by atoms with Crippen LogP contribution in [0.3, 0.4) is 0 Å². The van der Waals surface area contributed by atoms with Crippen LogP contribution < -0.4 is 0 Å². The van der Waals surface area contributed by atoms with Gasteiger partial charge in [-0.25, -0.2) is 4.79 Å². The highest BCUT2D eigenvalue weighted by molar-refractivity contribution is 5.87. The second-order valence-electron chi connectivity index (χ2n) is 5.97. The van der Waals surface area contributed by atoms with Crippen LogP contribution in [0.1, 0.15) is 24.0 Å². The van der Waals surface area contributed by atoms with E-state index in [1.165, 1.54) is 18.2 Å². The van der Waals surface area contributed by atoms with E-state index in [9.17, 15) is 4.79 Å². The molecule has 1 N–H and O–H groups in total. The molecule has 2 aromatic rings. The van der Waals surface area contributed by atoms with E-state index in [0.717, 1.165) is 24.8 Å². The Morgan fingerprint density at radius 3 is 1.77 bits per heavy atom. The molecule has 0 heterocycles. The first-order chi connectivity index (χ1) is 12.6. The van der Waals surface area contributed by atoms with Gasteiger partial charge < -0.3 is 9.84 Å². The van der Waals surface area contributed by atoms with Gasteiger partial charge in [-0.1, -0.05) is 79.4 Å². The molecule has 0 saturated carbocycles. The molecule has 0 aromatic heterocycles. The average Bonchev–Trinajstić information content (AvgIpc) is 2.71. The summed E-state index contributed by atoms with van der Waals surface area (Å²) in [6.45, 7) is 7.51. The normalized spacial score (nSPS) is 9.62. The van der Waals surface area contributed by atoms with Crippen molar-refractivity contribution in [2.75, 3.05) is 13.7 Å². The summed E-state index contributed by atoms with van der Waals surface area (Å²) in [5.41, 5.74) is 3.93. The van der Waals surface area contributed by atoms with Gasteiger partial charge in [-0.05, 0) is 36.8 Å². The van der Waals surface area contributed by atoms with Crippen molar-refractivity contribution in [3.05, 3.63) is 96.1 Å². The number of hydrogen-bond acceptors (Lipinski definition) is 3. The summed E-state index contributed by atoms with van der Waals surface area (Å²) in [6, 6.07) is 20.2. The first-order valence-electron chi connectivity index (χ1n) is 8.68. The molecule has 0 unspecified atom stereocenters. The number of benzene rings is 2. The molecule has 0 atom stereocenters. The molecular weight excluding hydrogens is 324 g/mol. The monoisotopic (exact) mass is 352 g/mol. The maximum Gasteiger partial charge on any atom is 0.333 e. The van der Waals surface area contributed by atoms with Crippen molar-refractivity contribution in [3.8, 4) is 0 Å². The molecule has 2 aromatic carbocycles. The van der Waals surface area contributed by atoms with Gasteiger partial charge in [-0.2, -0.15) is 0 Å².